The normalized spacial score (nSPS) is 10.6. The molecule has 0 unspecified atom stereocenters. The van der Waals surface area contributed by atoms with E-state index in [4.69, 9.17) is 10.5 Å². The predicted molar refractivity (Wildman–Crippen MR) is 74.8 cm³/mol. The van der Waals surface area contributed by atoms with Crippen molar-refractivity contribution in [1.82, 2.24) is 10.3 Å². The van der Waals surface area contributed by atoms with Gasteiger partial charge in [0.2, 0.25) is 0 Å². The minimum Gasteiger partial charge on any atom is -0.496 e. The van der Waals surface area contributed by atoms with Crippen LogP contribution in [0.3, 0.4) is 0 Å². The van der Waals surface area contributed by atoms with Crippen molar-refractivity contribution in [2.24, 2.45) is 0 Å². The number of aromatic nitrogens is 1. The number of anilines is 1. The van der Waals surface area contributed by atoms with Gasteiger partial charge in [-0.15, -0.1) is 11.3 Å². The molecule has 96 valence electrons. The van der Waals surface area contributed by atoms with Gasteiger partial charge in [-0.3, -0.25) is 0 Å². The third kappa shape index (κ3) is 3.21. The molecule has 0 aliphatic rings. The highest BCUT2D eigenvalue weighted by molar-refractivity contribution is 7.09. The van der Waals surface area contributed by atoms with Crippen LogP contribution in [0.4, 0.5) is 5.69 Å². The molecule has 1 heterocycles. The number of nitrogens with two attached hydrogens (primary N) is 1. The first kappa shape index (κ1) is 12.9. The van der Waals surface area contributed by atoms with Crippen molar-refractivity contribution in [3.05, 3.63) is 39.8 Å². The van der Waals surface area contributed by atoms with Crippen LogP contribution in [-0.4, -0.2) is 12.1 Å². The van der Waals surface area contributed by atoms with Gasteiger partial charge >= 0.3 is 0 Å². The predicted octanol–water partition coefficient (Wildman–Crippen LogP) is 2.33. The van der Waals surface area contributed by atoms with E-state index in [9.17, 15) is 0 Å². The minimum absolute atomic E-state index is 0.714. The lowest BCUT2D eigenvalue weighted by molar-refractivity contribution is 0.408. The summed E-state index contributed by atoms with van der Waals surface area (Å²) in [5, 5.41) is 6.51. The van der Waals surface area contributed by atoms with Crippen molar-refractivity contribution in [2.45, 2.75) is 20.0 Å². The summed E-state index contributed by atoms with van der Waals surface area (Å²) in [7, 11) is 1.66. The van der Waals surface area contributed by atoms with Crippen LogP contribution in [0.5, 0.6) is 5.75 Å². The summed E-state index contributed by atoms with van der Waals surface area (Å²) in [5.41, 5.74) is 8.60. The molecule has 0 aliphatic carbocycles. The van der Waals surface area contributed by atoms with Crippen molar-refractivity contribution in [1.29, 1.82) is 0 Å². The average molecular weight is 263 g/mol. The monoisotopic (exact) mass is 263 g/mol. The van der Waals surface area contributed by atoms with Crippen molar-refractivity contribution in [2.75, 3.05) is 12.8 Å². The van der Waals surface area contributed by atoms with Gasteiger partial charge in [0.25, 0.3) is 0 Å². The lowest BCUT2D eigenvalue weighted by Gasteiger charge is -2.09. The Labute approximate surface area is 111 Å². The van der Waals surface area contributed by atoms with Gasteiger partial charge in [0, 0.05) is 41.5 Å². The minimum atomic E-state index is 0.714. The van der Waals surface area contributed by atoms with Crippen LogP contribution >= 0.6 is 11.3 Å². The second kappa shape index (κ2) is 5.84. The van der Waals surface area contributed by atoms with Crippen molar-refractivity contribution in [3.63, 3.8) is 0 Å². The fourth-order valence-corrected chi connectivity index (χ4v) is 2.44. The fraction of sp³-hybridized carbons (Fsp3) is 0.308. The van der Waals surface area contributed by atoms with E-state index in [1.807, 2.05) is 25.1 Å². The molecular formula is C13H17N3OS. The largest absolute Gasteiger partial charge is 0.496 e. The van der Waals surface area contributed by atoms with Crippen LogP contribution in [0, 0.1) is 6.92 Å². The first-order chi connectivity index (χ1) is 8.69. The lowest BCUT2D eigenvalue weighted by atomic mass is 10.2. The Hall–Kier alpha value is -1.59. The number of benzene rings is 1. The number of hydrogen-bond donors (Lipinski definition) is 2. The van der Waals surface area contributed by atoms with Gasteiger partial charge in [0.15, 0.2) is 0 Å². The molecule has 0 fully saturated rings. The van der Waals surface area contributed by atoms with Crippen LogP contribution < -0.4 is 15.8 Å². The average Bonchev–Trinajstić information content (AvgIpc) is 2.77. The first-order valence-electron chi connectivity index (χ1n) is 5.73. The van der Waals surface area contributed by atoms with E-state index >= 15 is 0 Å². The van der Waals surface area contributed by atoms with Gasteiger partial charge in [-0.25, -0.2) is 4.98 Å². The summed E-state index contributed by atoms with van der Waals surface area (Å²) in [4.78, 5) is 4.40. The number of ether oxygens (including phenoxy) is 1. The van der Waals surface area contributed by atoms with Crippen LogP contribution in [0.15, 0.2) is 23.6 Å². The molecule has 0 aliphatic heterocycles. The lowest BCUT2D eigenvalue weighted by Crippen LogP contribution is -2.13. The zero-order valence-corrected chi connectivity index (χ0v) is 11.4. The number of nitrogens with one attached hydrogen (secondary N) is 1. The smallest absolute Gasteiger partial charge is 0.125 e. The van der Waals surface area contributed by atoms with Gasteiger partial charge in [-0.05, 0) is 13.0 Å². The van der Waals surface area contributed by atoms with Crippen molar-refractivity contribution < 1.29 is 4.74 Å². The Balaban J connectivity index is 1.94. The second-order valence-corrected chi connectivity index (χ2v) is 5.00. The van der Waals surface area contributed by atoms with E-state index in [0.29, 0.717) is 5.69 Å². The summed E-state index contributed by atoms with van der Waals surface area (Å²) in [5.74, 6) is 0.817. The van der Waals surface area contributed by atoms with E-state index in [1.165, 1.54) is 0 Å². The van der Waals surface area contributed by atoms with Gasteiger partial charge in [0.05, 0.1) is 7.11 Å². The van der Waals surface area contributed by atoms with Crippen LogP contribution in [0.25, 0.3) is 0 Å². The third-order valence-electron chi connectivity index (χ3n) is 2.57. The van der Waals surface area contributed by atoms with Crippen molar-refractivity contribution in [3.8, 4) is 5.75 Å². The molecule has 1 aromatic carbocycles. The maximum atomic E-state index is 5.72. The Morgan fingerprint density at radius 3 is 2.89 bits per heavy atom. The number of rotatable bonds is 5. The number of thiazole rings is 1. The molecule has 0 bridgehead atoms. The maximum Gasteiger partial charge on any atom is 0.125 e. The number of hydrogen-bond acceptors (Lipinski definition) is 5. The fourth-order valence-electron chi connectivity index (χ4n) is 1.70. The Morgan fingerprint density at radius 2 is 2.22 bits per heavy atom. The van der Waals surface area contributed by atoms with E-state index < -0.39 is 0 Å². The van der Waals surface area contributed by atoms with Gasteiger partial charge in [-0.1, -0.05) is 6.07 Å². The molecule has 1 aromatic heterocycles. The molecule has 0 amide bonds. The summed E-state index contributed by atoms with van der Waals surface area (Å²) in [6.07, 6.45) is 0. The molecule has 0 saturated carbocycles. The van der Waals surface area contributed by atoms with Crippen molar-refractivity contribution >= 4 is 17.0 Å². The topological polar surface area (TPSA) is 60.2 Å². The molecule has 0 saturated heterocycles. The molecule has 0 atom stereocenters. The van der Waals surface area contributed by atoms with Crippen LogP contribution in [-0.2, 0) is 13.1 Å². The van der Waals surface area contributed by atoms with E-state index in [0.717, 1.165) is 35.1 Å². The zero-order valence-electron chi connectivity index (χ0n) is 10.6. The SMILES string of the molecule is COc1cc(N)ccc1CNCc1nc(C)cs1. The van der Waals surface area contributed by atoms with E-state index in [-0.39, 0.29) is 0 Å². The third-order valence-corrected chi connectivity index (χ3v) is 3.54. The summed E-state index contributed by atoms with van der Waals surface area (Å²) < 4.78 is 5.30. The Morgan fingerprint density at radius 1 is 1.39 bits per heavy atom. The first-order valence-corrected chi connectivity index (χ1v) is 6.61. The molecule has 0 radical (unpaired) electrons. The van der Waals surface area contributed by atoms with Crippen LogP contribution in [0.2, 0.25) is 0 Å². The Kier molecular flexibility index (Phi) is 4.17. The molecule has 4 nitrogen and oxygen atoms in total. The number of aryl methyl sites for hydroxylation is 1. The quantitative estimate of drug-likeness (QED) is 0.813. The molecule has 3 N–H and O–H groups in total. The molecule has 2 aromatic rings. The zero-order chi connectivity index (χ0) is 13.0. The molecule has 0 spiro atoms. The highest BCUT2D eigenvalue weighted by Crippen LogP contribution is 2.21. The maximum absolute atomic E-state index is 5.72. The van der Waals surface area contributed by atoms with Gasteiger partial charge in [0.1, 0.15) is 10.8 Å². The standard InChI is InChI=1S/C13H17N3OS/c1-9-8-18-13(16-9)7-15-6-10-3-4-11(14)5-12(10)17-2/h3-5,8,15H,6-7,14H2,1-2H3. The number of nitrogen functional groups attached to an aromatic ring is 1. The highest BCUT2D eigenvalue weighted by Gasteiger charge is 2.04. The molecule has 2 rings (SSSR count). The molecular weight excluding hydrogens is 246 g/mol. The van der Waals surface area contributed by atoms with E-state index in [1.54, 1.807) is 18.4 Å². The van der Waals surface area contributed by atoms with Crippen LogP contribution in [0.1, 0.15) is 16.3 Å². The van der Waals surface area contributed by atoms with E-state index in [2.05, 4.69) is 15.7 Å². The molecule has 5 heteroatoms. The second-order valence-electron chi connectivity index (χ2n) is 4.06. The number of nitrogens with zero attached hydrogens (tertiary/aromatic N) is 1. The van der Waals surface area contributed by atoms with Gasteiger partial charge < -0.3 is 15.8 Å². The number of methoxy groups -OCH3 is 1. The summed E-state index contributed by atoms with van der Waals surface area (Å²) >= 11 is 1.67. The molecule has 18 heavy (non-hydrogen) atoms. The summed E-state index contributed by atoms with van der Waals surface area (Å²) in [6.45, 7) is 3.51. The summed E-state index contributed by atoms with van der Waals surface area (Å²) in [6, 6.07) is 5.70. The Bertz CT molecular complexity index is 525. The van der Waals surface area contributed by atoms with Gasteiger partial charge in [-0.2, -0.15) is 0 Å². The highest BCUT2D eigenvalue weighted by atomic mass is 32.1.